The Bertz CT molecular complexity index is 1290. The highest BCUT2D eigenvalue weighted by atomic mass is 16.4. The average Bonchev–Trinajstić information content (AvgIpc) is 3.21. The second-order valence-electron chi connectivity index (χ2n) is 7.02. The Labute approximate surface area is 178 Å². The maximum atomic E-state index is 12.6. The van der Waals surface area contributed by atoms with Gasteiger partial charge in [0.1, 0.15) is 0 Å². The van der Waals surface area contributed by atoms with E-state index in [9.17, 15) is 14.7 Å². The van der Waals surface area contributed by atoms with E-state index in [1.807, 2.05) is 41.0 Å². The predicted molar refractivity (Wildman–Crippen MR) is 116 cm³/mol. The Morgan fingerprint density at radius 2 is 1.81 bits per heavy atom. The first kappa shape index (κ1) is 19.9. The maximum Gasteiger partial charge on any atom is 0.305 e. The van der Waals surface area contributed by atoms with Crippen molar-refractivity contribution >= 4 is 28.6 Å². The summed E-state index contributed by atoms with van der Waals surface area (Å²) in [6, 6.07) is 22.6. The highest BCUT2D eigenvalue weighted by molar-refractivity contribution is 6.05. The lowest BCUT2D eigenvalue weighted by molar-refractivity contribution is -0.137. The number of imidazole rings is 1. The summed E-state index contributed by atoms with van der Waals surface area (Å²) in [6.45, 7) is 0. The van der Waals surface area contributed by atoms with Crippen LogP contribution in [0.15, 0.2) is 79.1 Å². The van der Waals surface area contributed by atoms with Crippen molar-refractivity contribution in [2.75, 3.05) is 5.32 Å². The molecule has 1 heterocycles. The predicted octanol–water partition coefficient (Wildman–Crippen LogP) is 4.22. The summed E-state index contributed by atoms with van der Waals surface area (Å²) in [4.78, 5) is 28.5. The van der Waals surface area contributed by atoms with Crippen molar-refractivity contribution in [1.82, 2.24) is 9.55 Å². The van der Waals surface area contributed by atoms with Gasteiger partial charge in [-0.15, -0.1) is 0 Å². The van der Waals surface area contributed by atoms with E-state index in [0.29, 0.717) is 27.8 Å². The number of hydrogen-bond acceptors (Lipinski definition) is 4. The number of carboxylic acid groups (broad SMARTS) is 1. The number of carboxylic acids is 1. The third-order valence-electron chi connectivity index (χ3n) is 5.00. The van der Waals surface area contributed by atoms with Gasteiger partial charge in [0.25, 0.3) is 5.91 Å². The fourth-order valence-corrected chi connectivity index (χ4v) is 3.47. The first-order chi connectivity index (χ1) is 15.0. The van der Waals surface area contributed by atoms with Gasteiger partial charge in [-0.25, -0.2) is 4.98 Å². The van der Waals surface area contributed by atoms with E-state index in [0.717, 1.165) is 5.56 Å². The molecule has 0 saturated heterocycles. The largest absolute Gasteiger partial charge is 0.481 e. The van der Waals surface area contributed by atoms with Crippen LogP contribution in [0.5, 0.6) is 0 Å². The van der Waals surface area contributed by atoms with Gasteiger partial charge in [-0.2, -0.15) is 5.26 Å². The van der Waals surface area contributed by atoms with Gasteiger partial charge < -0.3 is 15.0 Å². The first-order valence-corrected chi connectivity index (χ1v) is 9.60. The minimum absolute atomic E-state index is 0.0999. The molecular weight excluding hydrogens is 392 g/mol. The molecule has 1 aromatic heterocycles. The molecule has 4 aromatic rings. The Kier molecular flexibility index (Phi) is 5.45. The molecule has 31 heavy (non-hydrogen) atoms. The summed E-state index contributed by atoms with van der Waals surface area (Å²) in [5.74, 6) is -1.22. The third kappa shape index (κ3) is 4.28. The van der Waals surface area contributed by atoms with Crippen LogP contribution < -0.4 is 5.32 Å². The zero-order valence-electron chi connectivity index (χ0n) is 16.4. The van der Waals surface area contributed by atoms with Crippen molar-refractivity contribution < 1.29 is 14.7 Å². The molecule has 0 aliphatic rings. The van der Waals surface area contributed by atoms with Crippen LogP contribution in [0.4, 0.5) is 5.69 Å². The normalized spacial score (nSPS) is 11.6. The molecule has 0 saturated carbocycles. The molecule has 0 fully saturated rings. The molecule has 0 radical (unpaired) electrons. The van der Waals surface area contributed by atoms with Gasteiger partial charge in [0.05, 0.1) is 41.5 Å². The highest BCUT2D eigenvalue weighted by Crippen LogP contribution is 2.28. The summed E-state index contributed by atoms with van der Waals surface area (Å²) in [6.07, 6.45) is 1.52. The number of rotatable bonds is 6. The number of nitrogens with one attached hydrogen (secondary N) is 1. The minimum Gasteiger partial charge on any atom is -0.481 e. The Morgan fingerprint density at radius 1 is 1.06 bits per heavy atom. The second kappa shape index (κ2) is 8.51. The maximum absolute atomic E-state index is 12.6. The number of benzene rings is 3. The summed E-state index contributed by atoms with van der Waals surface area (Å²) in [5.41, 5.74) is 3.74. The summed E-state index contributed by atoms with van der Waals surface area (Å²) in [7, 11) is 0. The molecule has 1 atom stereocenters. The van der Waals surface area contributed by atoms with E-state index < -0.39 is 12.0 Å². The number of fused-ring (bicyclic) bond motifs is 1. The molecule has 0 spiro atoms. The quantitative estimate of drug-likeness (QED) is 0.495. The number of anilines is 1. The van der Waals surface area contributed by atoms with Crippen molar-refractivity contribution in [3.05, 3.63) is 95.8 Å². The first-order valence-electron chi connectivity index (χ1n) is 9.60. The summed E-state index contributed by atoms with van der Waals surface area (Å²) >= 11 is 0. The van der Waals surface area contributed by atoms with Gasteiger partial charge in [-0.05, 0) is 48.0 Å². The molecule has 0 aliphatic carbocycles. The Morgan fingerprint density at radius 3 is 2.48 bits per heavy atom. The van der Waals surface area contributed by atoms with E-state index in [2.05, 4.69) is 10.3 Å². The lowest BCUT2D eigenvalue weighted by Gasteiger charge is -2.18. The summed E-state index contributed by atoms with van der Waals surface area (Å²) in [5, 5.41) is 21.2. The molecule has 7 nitrogen and oxygen atoms in total. The van der Waals surface area contributed by atoms with Gasteiger partial charge in [0.2, 0.25) is 0 Å². The second-order valence-corrected chi connectivity index (χ2v) is 7.02. The number of carbonyl (C=O) groups excluding carboxylic acids is 1. The van der Waals surface area contributed by atoms with E-state index in [1.165, 1.54) is 0 Å². The highest BCUT2D eigenvalue weighted by Gasteiger charge is 2.20. The van der Waals surface area contributed by atoms with E-state index >= 15 is 0 Å². The van der Waals surface area contributed by atoms with Crippen LogP contribution in [0.2, 0.25) is 0 Å². The Hall–Kier alpha value is -4.44. The van der Waals surface area contributed by atoms with Gasteiger partial charge in [0, 0.05) is 11.3 Å². The topological polar surface area (TPSA) is 108 Å². The van der Waals surface area contributed by atoms with E-state index in [-0.39, 0.29) is 12.3 Å². The van der Waals surface area contributed by atoms with Crippen LogP contribution >= 0.6 is 0 Å². The number of carbonyl (C=O) groups is 2. The number of aromatic nitrogens is 2. The van der Waals surface area contributed by atoms with Crippen molar-refractivity contribution in [2.24, 2.45) is 0 Å². The fraction of sp³-hybridized carbons (Fsp3) is 0.0833. The monoisotopic (exact) mass is 410 g/mol. The summed E-state index contributed by atoms with van der Waals surface area (Å²) < 4.78 is 1.82. The van der Waals surface area contributed by atoms with Crippen LogP contribution in [-0.2, 0) is 4.79 Å². The van der Waals surface area contributed by atoms with Crippen molar-refractivity contribution in [2.45, 2.75) is 12.5 Å². The third-order valence-corrected chi connectivity index (χ3v) is 5.00. The molecule has 1 unspecified atom stereocenters. The number of hydrogen-bond donors (Lipinski definition) is 2. The molecular formula is C24H18N4O3. The van der Waals surface area contributed by atoms with Crippen LogP contribution in [0.25, 0.3) is 11.0 Å². The fourth-order valence-electron chi connectivity index (χ4n) is 3.47. The van der Waals surface area contributed by atoms with Gasteiger partial charge in [0.15, 0.2) is 0 Å². The minimum atomic E-state index is -0.916. The van der Waals surface area contributed by atoms with Gasteiger partial charge >= 0.3 is 5.97 Å². The SMILES string of the molecule is N#Cc1ccc(C(=O)Nc2ccc3ncn(C(CC(=O)O)c4ccccc4)c3c2)cc1. The smallest absolute Gasteiger partial charge is 0.305 e. The molecule has 0 aliphatic heterocycles. The zero-order valence-corrected chi connectivity index (χ0v) is 16.4. The van der Waals surface area contributed by atoms with Gasteiger partial charge in [-0.3, -0.25) is 9.59 Å². The lowest BCUT2D eigenvalue weighted by atomic mass is 10.0. The molecule has 2 N–H and O–H groups in total. The van der Waals surface area contributed by atoms with Crippen LogP contribution in [0, 0.1) is 11.3 Å². The van der Waals surface area contributed by atoms with E-state index in [4.69, 9.17) is 5.26 Å². The van der Waals surface area contributed by atoms with Crippen molar-refractivity contribution in [1.29, 1.82) is 5.26 Å². The molecule has 0 bridgehead atoms. The number of aliphatic carboxylic acids is 1. The number of amides is 1. The number of nitrogens with zero attached hydrogens (tertiary/aromatic N) is 3. The van der Waals surface area contributed by atoms with Crippen molar-refractivity contribution in [3.63, 3.8) is 0 Å². The van der Waals surface area contributed by atoms with Gasteiger partial charge in [-0.1, -0.05) is 30.3 Å². The molecule has 152 valence electrons. The van der Waals surface area contributed by atoms with Crippen molar-refractivity contribution in [3.8, 4) is 6.07 Å². The lowest BCUT2D eigenvalue weighted by Crippen LogP contribution is -2.15. The van der Waals surface area contributed by atoms with Crippen LogP contribution in [-0.4, -0.2) is 26.5 Å². The average molecular weight is 410 g/mol. The van der Waals surface area contributed by atoms with Crippen LogP contribution in [0.1, 0.15) is 33.9 Å². The molecule has 7 heteroatoms. The Balaban J connectivity index is 1.67. The van der Waals surface area contributed by atoms with E-state index in [1.54, 1.807) is 48.8 Å². The molecule has 1 amide bonds. The van der Waals surface area contributed by atoms with Crippen LogP contribution in [0.3, 0.4) is 0 Å². The standard InChI is InChI=1S/C24H18N4O3/c25-14-16-6-8-18(9-7-16)24(31)27-19-10-11-20-22(12-19)28(15-26-20)21(13-23(29)30)17-4-2-1-3-5-17/h1-12,15,21H,13H2,(H,27,31)(H,29,30). The molecule has 4 rings (SSSR count). The zero-order chi connectivity index (χ0) is 21.8. The molecule has 3 aromatic carbocycles. The number of nitriles is 1.